The molecule has 1 aliphatic rings. The van der Waals surface area contributed by atoms with Gasteiger partial charge in [0.15, 0.2) is 29.0 Å². The van der Waals surface area contributed by atoms with Crippen LogP contribution in [0.4, 0.5) is 40.7 Å². The van der Waals surface area contributed by atoms with E-state index in [1.165, 1.54) is 17.2 Å². The molecular weight excluding hydrogens is 450 g/mol. The molecule has 0 atom stereocenters. The normalized spacial score (nSPS) is 12.8. The van der Waals surface area contributed by atoms with Crippen molar-refractivity contribution in [2.75, 3.05) is 23.4 Å². The average molecular weight is 467 g/mol. The summed E-state index contributed by atoms with van der Waals surface area (Å²) in [5.74, 6) is -3.98. The van der Waals surface area contributed by atoms with E-state index >= 15 is 0 Å². The van der Waals surface area contributed by atoms with Crippen LogP contribution in [0.15, 0.2) is 54.9 Å². The molecule has 10 heteroatoms. The number of aryl methyl sites for hydroxylation is 1. The molecule has 0 saturated heterocycles. The topological polar surface area (TPSA) is 63.2 Å². The van der Waals surface area contributed by atoms with E-state index < -0.39 is 23.3 Å². The van der Waals surface area contributed by atoms with Crippen LogP contribution < -0.4 is 15.0 Å². The number of rotatable bonds is 4. The summed E-state index contributed by atoms with van der Waals surface area (Å²) in [5.41, 5.74) is 2.37. The molecule has 0 amide bonds. The molecule has 0 spiro atoms. The van der Waals surface area contributed by atoms with Gasteiger partial charge in [-0.05, 0) is 42.8 Å². The lowest BCUT2D eigenvalue weighted by Crippen LogP contribution is -2.30. The predicted octanol–water partition coefficient (Wildman–Crippen LogP) is 5.68. The zero-order chi connectivity index (χ0) is 23.8. The Labute approximate surface area is 191 Å². The van der Waals surface area contributed by atoms with Gasteiger partial charge in [-0.25, -0.2) is 22.5 Å². The molecule has 0 unspecified atom stereocenters. The van der Waals surface area contributed by atoms with Crippen LogP contribution >= 0.6 is 0 Å². The maximum absolute atomic E-state index is 14.8. The maximum Gasteiger partial charge on any atom is 0.229 e. The Bertz CT molecular complexity index is 1370. The highest BCUT2D eigenvalue weighted by molar-refractivity contribution is 5.70. The van der Waals surface area contributed by atoms with Crippen molar-refractivity contribution in [2.45, 2.75) is 6.92 Å². The van der Waals surface area contributed by atoms with Crippen molar-refractivity contribution in [2.24, 2.45) is 0 Å². The monoisotopic (exact) mass is 467 g/mol. The Morgan fingerprint density at radius 3 is 2.47 bits per heavy atom. The van der Waals surface area contributed by atoms with Crippen molar-refractivity contribution in [3.05, 3.63) is 83.8 Å². The van der Waals surface area contributed by atoms with Gasteiger partial charge >= 0.3 is 0 Å². The summed E-state index contributed by atoms with van der Waals surface area (Å²) in [6.45, 7) is 2.26. The number of anilines is 4. The van der Waals surface area contributed by atoms with Crippen LogP contribution in [0.25, 0.3) is 11.1 Å². The molecule has 2 aromatic heterocycles. The number of pyridine rings is 1. The number of fused-ring (bicyclic) bond motifs is 1. The van der Waals surface area contributed by atoms with E-state index in [0.29, 0.717) is 16.8 Å². The number of nitrogens with zero attached hydrogens (tertiary/aromatic N) is 4. The highest BCUT2D eigenvalue weighted by Gasteiger charge is 2.25. The minimum absolute atomic E-state index is 0.0774. The second-order valence-corrected chi connectivity index (χ2v) is 7.61. The summed E-state index contributed by atoms with van der Waals surface area (Å²) in [6, 6.07) is 9.90. The fraction of sp³-hybridized carbons (Fsp3) is 0.125. The van der Waals surface area contributed by atoms with Crippen molar-refractivity contribution < 1.29 is 22.3 Å². The van der Waals surface area contributed by atoms with Crippen molar-refractivity contribution in [3.63, 3.8) is 0 Å². The molecule has 6 nitrogen and oxygen atoms in total. The molecule has 0 radical (unpaired) electrons. The summed E-state index contributed by atoms with van der Waals surface area (Å²) in [6.07, 6.45) is 3.02. The Hall–Kier alpha value is -4.21. The number of nitrogens with one attached hydrogen (secondary N) is 1. The van der Waals surface area contributed by atoms with Gasteiger partial charge in [0.25, 0.3) is 0 Å². The Morgan fingerprint density at radius 1 is 0.941 bits per heavy atom. The molecular formula is C24H17F4N5O. The standard InChI is InChI=1S/C24H17F4N5O/c1-13-8-14(4-5-29-13)17-3-2-15(9-18(17)25)31-24-30-12-21-23(32-24)33(6-7-34-21)16-10-19(26)22(28)20(27)11-16/h2-5,8-12H,6-7H2,1H3,(H,30,31,32). The molecule has 0 fully saturated rings. The third-order valence-electron chi connectivity index (χ3n) is 5.28. The van der Waals surface area contributed by atoms with Crippen LogP contribution in [-0.2, 0) is 0 Å². The lowest BCUT2D eigenvalue weighted by Gasteiger charge is -2.30. The lowest BCUT2D eigenvalue weighted by atomic mass is 10.1. The van der Waals surface area contributed by atoms with E-state index in [1.807, 2.05) is 6.92 Å². The summed E-state index contributed by atoms with van der Waals surface area (Å²) in [5, 5.41) is 2.92. The fourth-order valence-electron chi connectivity index (χ4n) is 3.69. The maximum atomic E-state index is 14.8. The lowest BCUT2D eigenvalue weighted by molar-refractivity contribution is 0.310. The molecule has 1 N–H and O–H groups in total. The summed E-state index contributed by atoms with van der Waals surface area (Å²) in [4.78, 5) is 14.2. The van der Waals surface area contributed by atoms with Crippen molar-refractivity contribution in [1.82, 2.24) is 15.0 Å². The number of ether oxygens (including phenoxy) is 1. The van der Waals surface area contributed by atoms with Gasteiger partial charge < -0.3 is 15.0 Å². The number of hydrogen-bond donors (Lipinski definition) is 1. The molecule has 2 aromatic carbocycles. The molecule has 34 heavy (non-hydrogen) atoms. The van der Waals surface area contributed by atoms with E-state index in [4.69, 9.17) is 4.74 Å². The van der Waals surface area contributed by atoms with Gasteiger partial charge in [-0.15, -0.1) is 0 Å². The molecule has 4 aromatic rings. The van der Waals surface area contributed by atoms with Gasteiger partial charge in [0.1, 0.15) is 12.4 Å². The van der Waals surface area contributed by atoms with Crippen LogP contribution in [0.5, 0.6) is 5.75 Å². The first-order chi connectivity index (χ1) is 16.4. The zero-order valence-corrected chi connectivity index (χ0v) is 17.8. The smallest absolute Gasteiger partial charge is 0.229 e. The second-order valence-electron chi connectivity index (χ2n) is 7.61. The Morgan fingerprint density at radius 2 is 1.74 bits per heavy atom. The molecule has 3 heterocycles. The minimum atomic E-state index is -1.55. The SMILES string of the molecule is Cc1cc(-c2ccc(Nc3ncc4c(n3)N(c3cc(F)c(F)c(F)c3)CCO4)cc2F)ccn1. The van der Waals surface area contributed by atoms with E-state index in [1.54, 1.807) is 30.5 Å². The number of benzene rings is 2. The van der Waals surface area contributed by atoms with E-state index in [-0.39, 0.29) is 36.4 Å². The van der Waals surface area contributed by atoms with E-state index in [0.717, 1.165) is 17.8 Å². The summed E-state index contributed by atoms with van der Waals surface area (Å²) in [7, 11) is 0. The first-order valence-corrected chi connectivity index (χ1v) is 10.3. The largest absolute Gasteiger partial charge is 0.486 e. The van der Waals surface area contributed by atoms with Crippen LogP contribution in [0.1, 0.15) is 5.69 Å². The average Bonchev–Trinajstić information content (AvgIpc) is 2.82. The number of halogens is 4. The van der Waals surface area contributed by atoms with Crippen LogP contribution in [0.2, 0.25) is 0 Å². The number of hydrogen-bond acceptors (Lipinski definition) is 6. The van der Waals surface area contributed by atoms with Crippen LogP contribution in [0.3, 0.4) is 0 Å². The molecule has 0 aliphatic carbocycles. The van der Waals surface area contributed by atoms with Gasteiger partial charge in [0.2, 0.25) is 5.95 Å². The first kappa shape index (κ1) is 21.6. The highest BCUT2D eigenvalue weighted by atomic mass is 19.2. The third-order valence-corrected chi connectivity index (χ3v) is 5.28. The van der Waals surface area contributed by atoms with E-state index in [9.17, 15) is 17.6 Å². The van der Waals surface area contributed by atoms with Crippen molar-refractivity contribution >= 4 is 23.1 Å². The van der Waals surface area contributed by atoms with Gasteiger partial charge in [-0.2, -0.15) is 4.98 Å². The first-order valence-electron chi connectivity index (χ1n) is 10.3. The molecule has 172 valence electrons. The number of aromatic nitrogens is 3. The van der Waals surface area contributed by atoms with Crippen LogP contribution in [-0.4, -0.2) is 28.1 Å². The minimum Gasteiger partial charge on any atom is -0.486 e. The quantitative estimate of drug-likeness (QED) is 0.308. The molecule has 1 aliphatic heterocycles. The Kier molecular flexibility index (Phi) is 5.48. The van der Waals surface area contributed by atoms with Gasteiger partial charge in [-0.3, -0.25) is 4.98 Å². The van der Waals surface area contributed by atoms with Gasteiger partial charge in [0.05, 0.1) is 12.7 Å². The highest BCUT2D eigenvalue weighted by Crippen LogP contribution is 2.36. The zero-order valence-electron chi connectivity index (χ0n) is 17.8. The fourth-order valence-corrected chi connectivity index (χ4v) is 3.69. The van der Waals surface area contributed by atoms with Crippen molar-refractivity contribution in [3.8, 4) is 16.9 Å². The third kappa shape index (κ3) is 4.09. The summed E-state index contributed by atoms with van der Waals surface area (Å²) < 4.78 is 61.3. The molecule has 0 saturated carbocycles. The summed E-state index contributed by atoms with van der Waals surface area (Å²) >= 11 is 0. The Balaban J connectivity index is 1.44. The van der Waals surface area contributed by atoms with Gasteiger partial charge in [-0.1, -0.05) is 0 Å². The molecule has 5 rings (SSSR count). The van der Waals surface area contributed by atoms with Crippen molar-refractivity contribution in [1.29, 1.82) is 0 Å². The van der Waals surface area contributed by atoms with Gasteiger partial charge in [0, 0.05) is 41.0 Å². The second kappa shape index (κ2) is 8.62. The van der Waals surface area contributed by atoms with E-state index in [2.05, 4.69) is 20.3 Å². The van der Waals surface area contributed by atoms with Crippen LogP contribution in [0, 0.1) is 30.2 Å². The predicted molar refractivity (Wildman–Crippen MR) is 118 cm³/mol. The molecule has 0 bridgehead atoms.